The first kappa shape index (κ1) is 14.7. The molecule has 19 heavy (non-hydrogen) atoms. The van der Waals surface area contributed by atoms with Crippen molar-refractivity contribution in [3.05, 3.63) is 48.5 Å². The van der Waals surface area contributed by atoms with E-state index in [0.717, 1.165) is 9.35 Å². The van der Waals surface area contributed by atoms with Crippen molar-refractivity contribution in [2.24, 2.45) is 0 Å². The molecule has 0 saturated carbocycles. The lowest BCUT2D eigenvalue weighted by Crippen LogP contribution is -2.06. The molecule has 0 spiro atoms. The molecule has 7 heteroatoms. The van der Waals surface area contributed by atoms with Crippen LogP contribution in [0.25, 0.3) is 0 Å². The minimum Gasteiger partial charge on any atom is -0.456 e. The van der Waals surface area contributed by atoms with Crippen molar-refractivity contribution in [3.63, 3.8) is 0 Å². The molecular formula is C12H8BrCl2NO2S. The Kier molecular flexibility index (Phi) is 4.73. The number of hydrogen-bond acceptors (Lipinski definition) is 4. The van der Waals surface area contributed by atoms with Gasteiger partial charge in [0, 0.05) is 4.47 Å². The van der Waals surface area contributed by atoms with Crippen molar-refractivity contribution in [2.75, 3.05) is 5.73 Å². The summed E-state index contributed by atoms with van der Waals surface area (Å²) in [7, 11) is 0. The number of nitrogens with two attached hydrogens (primary N) is 1. The van der Waals surface area contributed by atoms with Crippen LogP contribution in [0, 0.1) is 0 Å². The fraction of sp³-hybridized carbons (Fsp3) is 0.0833. The number of carbonyl (C=O) groups excluding carboxylic acids is 1. The van der Waals surface area contributed by atoms with Crippen molar-refractivity contribution in [2.45, 2.75) is 6.61 Å². The molecular weight excluding hydrogens is 373 g/mol. The summed E-state index contributed by atoms with van der Waals surface area (Å²) >= 11 is 16.5. The Labute approximate surface area is 132 Å². The molecule has 0 aliphatic heterocycles. The van der Waals surface area contributed by atoms with Crippen molar-refractivity contribution in [1.29, 1.82) is 0 Å². The lowest BCUT2D eigenvalue weighted by atomic mass is 10.2. The Morgan fingerprint density at radius 3 is 2.74 bits per heavy atom. The number of benzene rings is 1. The Balaban J connectivity index is 2.10. The zero-order valence-electron chi connectivity index (χ0n) is 9.45. The van der Waals surface area contributed by atoms with Gasteiger partial charge in [-0.2, -0.15) is 0 Å². The molecule has 0 unspecified atom stereocenters. The maximum atomic E-state index is 11.9. The van der Waals surface area contributed by atoms with Gasteiger partial charge in [0.05, 0.1) is 26.2 Å². The maximum Gasteiger partial charge on any atom is 0.338 e. The van der Waals surface area contributed by atoms with Crippen LogP contribution in [0.15, 0.2) is 28.1 Å². The number of hydrogen-bond donors (Lipinski definition) is 1. The largest absolute Gasteiger partial charge is 0.456 e. The van der Waals surface area contributed by atoms with E-state index in [4.69, 9.17) is 33.7 Å². The van der Waals surface area contributed by atoms with E-state index in [1.54, 1.807) is 0 Å². The van der Waals surface area contributed by atoms with Crippen LogP contribution in [-0.2, 0) is 11.3 Å². The Bertz CT molecular complexity index is 607. The average molecular weight is 381 g/mol. The van der Waals surface area contributed by atoms with E-state index in [2.05, 4.69) is 15.9 Å². The highest BCUT2D eigenvalue weighted by molar-refractivity contribution is 9.10. The predicted octanol–water partition coefficient (Wildman–Crippen LogP) is 4.76. The number of nitrogen functional groups attached to an aromatic ring is 1. The molecule has 0 radical (unpaired) electrons. The number of thiophene rings is 1. The van der Waals surface area contributed by atoms with Gasteiger partial charge < -0.3 is 10.5 Å². The predicted molar refractivity (Wildman–Crippen MR) is 82.0 cm³/mol. The summed E-state index contributed by atoms with van der Waals surface area (Å²) < 4.78 is 6.10. The first-order valence-corrected chi connectivity index (χ1v) is 7.55. The lowest BCUT2D eigenvalue weighted by Gasteiger charge is -2.07. The van der Waals surface area contributed by atoms with E-state index in [1.165, 1.54) is 23.5 Å². The first-order valence-electron chi connectivity index (χ1n) is 5.12. The highest BCUT2D eigenvalue weighted by atomic mass is 79.9. The smallest absolute Gasteiger partial charge is 0.338 e. The molecule has 0 aliphatic carbocycles. The zero-order chi connectivity index (χ0) is 14.0. The van der Waals surface area contributed by atoms with Gasteiger partial charge in [0.15, 0.2) is 0 Å². The second-order valence-corrected chi connectivity index (χ2v) is 6.27. The van der Waals surface area contributed by atoms with E-state index >= 15 is 0 Å². The average Bonchev–Trinajstić information content (AvgIpc) is 2.78. The van der Waals surface area contributed by atoms with Crippen molar-refractivity contribution >= 4 is 62.1 Å². The van der Waals surface area contributed by atoms with E-state index in [-0.39, 0.29) is 27.9 Å². The summed E-state index contributed by atoms with van der Waals surface area (Å²) in [4.78, 5) is 12.8. The van der Waals surface area contributed by atoms with E-state index in [1.807, 2.05) is 11.4 Å². The molecule has 0 fully saturated rings. The van der Waals surface area contributed by atoms with Crippen LogP contribution in [0.3, 0.4) is 0 Å². The number of ether oxygens (including phenoxy) is 1. The third-order valence-electron chi connectivity index (χ3n) is 2.32. The number of esters is 1. The second kappa shape index (κ2) is 6.13. The van der Waals surface area contributed by atoms with Crippen LogP contribution in [0.4, 0.5) is 5.69 Å². The summed E-state index contributed by atoms with van der Waals surface area (Å²) in [5.41, 5.74) is 6.17. The van der Waals surface area contributed by atoms with Crippen molar-refractivity contribution in [1.82, 2.24) is 0 Å². The number of anilines is 1. The summed E-state index contributed by atoms with van der Waals surface area (Å²) in [5, 5.41) is 2.37. The molecule has 0 amide bonds. The van der Waals surface area contributed by atoms with Crippen molar-refractivity contribution in [3.8, 4) is 0 Å². The minimum atomic E-state index is -0.495. The van der Waals surface area contributed by atoms with E-state index in [9.17, 15) is 4.79 Å². The van der Waals surface area contributed by atoms with Gasteiger partial charge in [0.25, 0.3) is 0 Å². The van der Waals surface area contributed by atoms with Gasteiger partial charge in [-0.3, -0.25) is 0 Å². The summed E-state index contributed by atoms with van der Waals surface area (Å²) in [6.45, 7) is 0.192. The van der Waals surface area contributed by atoms with Gasteiger partial charge in [0.1, 0.15) is 6.61 Å². The zero-order valence-corrected chi connectivity index (χ0v) is 13.4. The van der Waals surface area contributed by atoms with Gasteiger partial charge in [-0.05, 0) is 39.5 Å². The molecule has 0 saturated heterocycles. The molecule has 100 valence electrons. The molecule has 1 aromatic carbocycles. The lowest BCUT2D eigenvalue weighted by molar-refractivity contribution is 0.0476. The Morgan fingerprint density at radius 2 is 2.16 bits per heavy atom. The van der Waals surface area contributed by atoms with Gasteiger partial charge in [-0.15, -0.1) is 11.3 Å². The molecule has 2 aromatic rings. The molecule has 0 bridgehead atoms. The first-order chi connectivity index (χ1) is 8.99. The summed E-state index contributed by atoms with van der Waals surface area (Å²) in [5.74, 6) is -0.495. The Morgan fingerprint density at radius 1 is 1.42 bits per heavy atom. The third-order valence-corrected chi connectivity index (χ3v) is 5.03. The number of halogens is 3. The van der Waals surface area contributed by atoms with Gasteiger partial charge >= 0.3 is 5.97 Å². The summed E-state index contributed by atoms with van der Waals surface area (Å²) in [6, 6.07) is 4.77. The highest BCUT2D eigenvalue weighted by Crippen LogP contribution is 2.30. The third kappa shape index (κ3) is 3.42. The van der Waals surface area contributed by atoms with Gasteiger partial charge in [0.2, 0.25) is 0 Å². The van der Waals surface area contributed by atoms with Crippen molar-refractivity contribution < 1.29 is 9.53 Å². The minimum absolute atomic E-state index is 0.192. The molecule has 1 aromatic heterocycles. The molecule has 3 nitrogen and oxygen atoms in total. The van der Waals surface area contributed by atoms with Crippen LogP contribution in [0.1, 0.15) is 15.2 Å². The van der Waals surface area contributed by atoms with Crippen LogP contribution >= 0.6 is 50.5 Å². The Hall–Kier alpha value is -0.750. The van der Waals surface area contributed by atoms with Gasteiger partial charge in [-0.1, -0.05) is 23.2 Å². The topological polar surface area (TPSA) is 52.3 Å². The van der Waals surface area contributed by atoms with Crippen LogP contribution in [0.5, 0.6) is 0 Å². The van der Waals surface area contributed by atoms with Crippen LogP contribution in [-0.4, -0.2) is 5.97 Å². The normalized spacial score (nSPS) is 10.5. The fourth-order valence-electron chi connectivity index (χ4n) is 1.37. The molecule has 0 aliphatic rings. The standard InChI is InChI=1S/C12H8BrCl2NO2S/c13-7-1-2-19-10(7)5-18-12(17)6-3-8(14)11(15)9(16)4-6/h1-4H,5,16H2. The van der Waals surface area contributed by atoms with Crippen LogP contribution < -0.4 is 5.73 Å². The second-order valence-electron chi connectivity index (χ2n) is 3.63. The van der Waals surface area contributed by atoms with Crippen LogP contribution in [0.2, 0.25) is 10.0 Å². The molecule has 1 heterocycles. The molecule has 2 rings (SSSR count). The SMILES string of the molecule is Nc1cc(C(=O)OCc2sccc2Br)cc(Cl)c1Cl. The van der Waals surface area contributed by atoms with Gasteiger partial charge in [-0.25, -0.2) is 4.79 Å². The number of rotatable bonds is 3. The molecule has 2 N–H and O–H groups in total. The molecule has 0 atom stereocenters. The fourth-order valence-corrected chi connectivity index (χ4v) is 3.08. The van der Waals surface area contributed by atoms with E-state index < -0.39 is 5.97 Å². The van der Waals surface area contributed by atoms with E-state index in [0.29, 0.717) is 0 Å². The maximum absolute atomic E-state index is 11.9. The monoisotopic (exact) mass is 379 g/mol. The quantitative estimate of drug-likeness (QED) is 0.617. The highest BCUT2D eigenvalue weighted by Gasteiger charge is 2.13. The number of carbonyl (C=O) groups is 1. The summed E-state index contributed by atoms with van der Waals surface area (Å²) in [6.07, 6.45) is 0.